The number of aromatic amines is 1. The Hall–Kier alpha value is -3.68. The molecular formula is C19H18N4O4. The van der Waals surface area contributed by atoms with Crippen LogP contribution in [0.5, 0.6) is 11.5 Å². The molecule has 0 aliphatic carbocycles. The molecule has 27 heavy (non-hydrogen) atoms. The summed E-state index contributed by atoms with van der Waals surface area (Å²) >= 11 is 0. The molecule has 8 heteroatoms. The molecular weight excluding hydrogens is 348 g/mol. The van der Waals surface area contributed by atoms with Crippen LogP contribution in [0.1, 0.15) is 5.56 Å². The van der Waals surface area contributed by atoms with Crippen molar-refractivity contribution in [2.75, 3.05) is 12.1 Å². The number of amides is 3. The van der Waals surface area contributed by atoms with Crippen LogP contribution in [0.25, 0.3) is 10.9 Å². The average molecular weight is 366 g/mol. The highest BCUT2D eigenvalue weighted by molar-refractivity contribution is 5.97. The van der Waals surface area contributed by atoms with E-state index in [9.17, 15) is 9.59 Å². The van der Waals surface area contributed by atoms with E-state index in [0.717, 1.165) is 16.5 Å². The SMILES string of the molecule is NC(=O)NC(Cc1c[nH]c2ccccc12)C(=O)Nc1ccc2c(c1)OCO2. The van der Waals surface area contributed by atoms with Crippen LogP contribution in [0.15, 0.2) is 48.7 Å². The number of para-hydroxylation sites is 1. The maximum Gasteiger partial charge on any atom is 0.312 e. The normalized spacial score (nSPS) is 13.3. The van der Waals surface area contributed by atoms with Gasteiger partial charge in [-0.1, -0.05) is 18.2 Å². The molecule has 1 aliphatic heterocycles. The fraction of sp³-hybridized carbons (Fsp3) is 0.158. The minimum Gasteiger partial charge on any atom is -0.454 e. The van der Waals surface area contributed by atoms with Gasteiger partial charge in [0.05, 0.1) is 0 Å². The minimum atomic E-state index is -0.827. The Bertz CT molecular complexity index is 1010. The number of H-pyrrole nitrogens is 1. The van der Waals surface area contributed by atoms with Crippen molar-refractivity contribution in [3.63, 3.8) is 0 Å². The van der Waals surface area contributed by atoms with E-state index in [0.29, 0.717) is 23.6 Å². The first-order valence-corrected chi connectivity index (χ1v) is 8.41. The van der Waals surface area contributed by atoms with Crippen molar-refractivity contribution < 1.29 is 19.1 Å². The number of hydrogen-bond donors (Lipinski definition) is 4. The monoisotopic (exact) mass is 366 g/mol. The zero-order valence-electron chi connectivity index (χ0n) is 14.3. The predicted octanol–water partition coefficient (Wildman–Crippen LogP) is 2.11. The molecule has 8 nitrogen and oxygen atoms in total. The van der Waals surface area contributed by atoms with E-state index in [-0.39, 0.29) is 12.7 Å². The summed E-state index contributed by atoms with van der Waals surface area (Å²) in [6.45, 7) is 0.152. The second-order valence-electron chi connectivity index (χ2n) is 6.18. The molecule has 1 aliphatic rings. The Kier molecular flexibility index (Phi) is 4.29. The minimum absolute atomic E-state index is 0.152. The lowest BCUT2D eigenvalue weighted by Gasteiger charge is -2.17. The summed E-state index contributed by atoms with van der Waals surface area (Å²) in [5.41, 5.74) is 7.67. The highest BCUT2D eigenvalue weighted by Crippen LogP contribution is 2.34. The number of aromatic nitrogens is 1. The summed E-state index contributed by atoms with van der Waals surface area (Å²) in [6.07, 6.45) is 2.12. The van der Waals surface area contributed by atoms with Gasteiger partial charge in [-0.15, -0.1) is 0 Å². The van der Waals surface area contributed by atoms with Crippen molar-refractivity contribution in [3.05, 3.63) is 54.2 Å². The molecule has 1 atom stereocenters. The molecule has 5 N–H and O–H groups in total. The van der Waals surface area contributed by atoms with Crippen molar-refractivity contribution in [3.8, 4) is 11.5 Å². The number of benzene rings is 2. The molecule has 0 saturated carbocycles. The third-order valence-electron chi connectivity index (χ3n) is 4.37. The van der Waals surface area contributed by atoms with Crippen molar-refractivity contribution >= 4 is 28.5 Å². The van der Waals surface area contributed by atoms with E-state index in [2.05, 4.69) is 15.6 Å². The van der Waals surface area contributed by atoms with Gasteiger partial charge in [-0.25, -0.2) is 4.79 Å². The van der Waals surface area contributed by atoms with Gasteiger partial charge in [-0.05, 0) is 23.8 Å². The second kappa shape index (κ2) is 6.91. The van der Waals surface area contributed by atoms with Gasteiger partial charge < -0.3 is 30.8 Å². The quantitative estimate of drug-likeness (QED) is 0.553. The second-order valence-corrected chi connectivity index (χ2v) is 6.18. The standard InChI is InChI=1S/C19H18N4O4/c20-19(25)23-15(7-11-9-21-14-4-2-1-3-13(11)14)18(24)22-12-5-6-16-17(8-12)27-10-26-16/h1-6,8-9,15,21H,7,10H2,(H,22,24)(H3,20,23,25). The molecule has 0 bridgehead atoms. The van der Waals surface area contributed by atoms with Crippen LogP contribution in [-0.4, -0.2) is 29.8 Å². The number of carbonyl (C=O) groups excluding carboxylic acids is 2. The number of ether oxygens (including phenoxy) is 2. The van der Waals surface area contributed by atoms with Crippen molar-refractivity contribution in [2.45, 2.75) is 12.5 Å². The molecule has 4 rings (SSSR count). The number of carbonyl (C=O) groups is 2. The van der Waals surface area contributed by atoms with Crippen LogP contribution >= 0.6 is 0 Å². The summed E-state index contributed by atoms with van der Waals surface area (Å²) in [5, 5.41) is 6.29. The molecule has 1 unspecified atom stereocenters. The molecule has 0 fully saturated rings. The largest absolute Gasteiger partial charge is 0.454 e. The Labute approximate surface area is 154 Å². The summed E-state index contributed by atoms with van der Waals surface area (Å²) < 4.78 is 10.6. The van der Waals surface area contributed by atoms with Gasteiger partial charge >= 0.3 is 6.03 Å². The fourth-order valence-electron chi connectivity index (χ4n) is 3.11. The number of urea groups is 1. The molecule has 3 aromatic rings. The molecule has 0 spiro atoms. The lowest BCUT2D eigenvalue weighted by atomic mass is 10.0. The highest BCUT2D eigenvalue weighted by atomic mass is 16.7. The van der Waals surface area contributed by atoms with Gasteiger partial charge in [0.25, 0.3) is 0 Å². The van der Waals surface area contributed by atoms with Gasteiger partial charge in [0.15, 0.2) is 11.5 Å². The summed E-state index contributed by atoms with van der Waals surface area (Å²) in [6, 6.07) is 11.3. The molecule has 1 aromatic heterocycles. The first-order valence-electron chi connectivity index (χ1n) is 8.41. The third-order valence-corrected chi connectivity index (χ3v) is 4.37. The number of rotatable bonds is 5. The summed E-state index contributed by atoms with van der Waals surface area (Å²) in [7, 11) is 0. The van der Waals surface area contributed by atoms with E-state index in [1.165, 1.54) is 0 Å². The number of fused-ring (bicyclic) bond motifs is 2. The number of anilines is 1. The van der Waals surface area contributed by atoms with Crippen LogP contribution in [-0.2, 0) is 11.2 Å². The van der Waals surface area contributed by atoms with Gasteiger partial charge in [-0.2, -0.15) is 0 Å². The van der Waals surface area contributed by atoms with E-state index < -0.39 is 12.1 Å². The van der Waals surface area contributed by atoms with E-state index >= 15 is 0 Å². The first kappa shape index (κ1) is 16.8. The van der Waals surface area contributed by atoms with Crippen molar-refractivity contribution in [2.24, 2.45) is 5.73 Å². The van der Waals surface area contributed by atoms with Crippen molar-refractivity contribution in [1.82, 2.24) is 10.3 Å². The Morgan fingerprint density at radius 2 is 1.96 bits per heavy atom. The Balaban J connectivity index is 1.54. The molecule has 2 aromatic carbocycles. The molecule has 0 radical (unpaired) electrons. The maximum atomic E-state index is 12.7. The van der Waals surface area contributed by atoms with Gasteiger partial charge in [-0.3, -0.25) is 4.79 Å². The van der Waals surface area contributed by atoms with Crippen molar-refractivity contribution in [1.29, 1.82) is 0 Å². The first-order chi connectivity index (χ1) is 13.1. The van der Waals surface area contributed by atoms with Crippen LogP contribution in [0.4, 0.5) is 10.5 Å². The maximum absolute atomic E-state index is 12.7. The van der Waals surface area contributed by atoms with Crippen LogP contribution in [0, 0.1) is 0 Å². The topological polar surface area (TPSA) is 118 Å². The Morgan fingerprint density at radius 3 is 2.81 bits per heavy atom. The van der Waals surface area contributed by atoms with E-state index in [1.807, 2.05) is 30.5 Å². The number of nitrogens with two attached hydrogens (primary N) is 1. The zero-order valence-corrected chi connectivity index (χ0v) is 14.3. The van der Waals surface area contributed by atoms with Gasteiger partial charge in [0, 0.05) is 35.3 Å². The lowest BCUT2D eigenvalue weighted by Crippen LogP contribution is -2.47. The molecule has 2 heterocycles. The number of hydrogen-bond acceptors (Lipinski definition) is 4. The molecule has 0 saturated heterocycles. The summed E-state index contributed by atoms with van der Waals surface area (Å²) in [5.74, 6) is 0.806. The average Bonchev–Trinajstić information content (AvgIpc) is 3.27. The highest BCUT2D eigenvalue weighted by Gasteiger charge is 2.23. The zero-order chi connectivity index (χ0) is 18.8. The predicted molar refractivity (Wildman–Crippen MR) is 99.7 cm³/mol. The van der Waals surface area contributed by atoms with Crippen LogP contribution in [0.2, 0.25) is 0 Å². The number of nitrogens with one attached hydrogen (secondary N) is 3. The molecule has 3 amide bonds. The molecule has 138 valence electrons. The smallest absolute Gasteiger partial charge is 0.312 e. The Morgan fingerprint density at radius 1 is 1.15 bits per heavy atom. The number of primary amides is 1. The van der Waals surface area contributed by atoms with E-state index in [1.54, 1.807) is 18.2 Å². The fourth-order valence-corrected chi connectivity index (χ4v) is 3.11. The summed E-state index contributed by atoms with van der Waals surface area (Å²) in [4.78, 5) is 27.3. The van der Waals surface area contributed by atoms with Crippen LogP contribution < -0.4 is 25.8 Å². The van der Waals surface area contributed by atoms with Gasteiger partial charge in [0.1, 0.15) is 6.04 Å². The van der Waals surface area contributed by atoms with E-state index in [4.69, 9.17) is 15.2 Å². The third kappa shape index (κ3) is 3.50. The lowest BCUT2D eigenvalue weighted by molar-refractivity contribution is -0.117. The van der Waals surface area contributed by atoms with Gasteiger partial charge in [0.2, 0.25) is 12.7 Å². The van der Waals surface area contributed by atoms with Crippen LogP contribution in [0.3, 0.4) is 0 Å².